The second-order valence-corrected chi connectivity index (χ2v) is 9.61. The van der Waals surface area contributed by atoms with Gasteiger partial charge in [-0.05, 0) is 23.8 Å². The standard InChI is InChI=1S/C27H27ClN4O5/c1-27(2,3)26(35)31-19-12-11-16(13-18(19)28)32-22(25(34)37-5)21(24(33)36-4)20(17(14-29)23(32)30)15-9-7-6-8-10-15/h6-13,20H,30H2,1-5H3,(H,31,35). The summed E-state index contributed by atoms with van der Waals surface area (Å²) in [5.74, 6) is -3.03. The molecule has 3 rings (SSSR count). The van der Waals surface area contributed by atoms with Gasteiger partial charge in [0.1, 0.15) is 11.5 Å². The lowest BCUT2D eigenvalue weighted by Gasteiger charge is -2.36. The van der Waals surface area contributed by atoms with Crippen LogP contribution in [0.5, 0.6) is 0 Å². The Balaban J connectivity index is 2.28. The Labute approximate surface area is 220 Å². The highest BCUT2D eigenvalue weighted by Crippen LogP contribution is 2.44. The van der Waals surface area contributed by atoms with Gasteiger partial charge in [-0.25, -0.2) is 9.59 Å². The highest BCUT2D eigenvalue weighted by atomic mass is 35.5. The van der Waals surface area contributed by atoms with E-state index in [-0.39, 0.29) is 39.3 Å². The molecule has 0 aromatic heterocycles. The number of carbonyl (C=O) groups is 3. The van der Waals surface area contributed by atoms with Crippen LogP contribution >= 0.6 is 11.6 Å². The van der Waals surface area contributed by atoms with Gasteiger partial charge in [-0.15, -0.1) is 0 Å². The molecular weight excluding hydrogens is 496 g/mol. The fraction of sp³-hybridized carbons (Fsp3) is 0.259. The molecule has 0 saturated heterocycles. The summed E-state index contributed by atoms with van der Waals surface area (Å²) >= 11 is 6.49. The van der Waals surface area contributed by atoms with Gasteiger partial charge in [0.25, 0.3) is 0 Å². The van der Waals surface area contributed by atoms with Gasteiger partial charge in [0.2, 0.25) is 5.91 Å². The molecule has 1 atom stereocenters. The normalized spacial score (nSPS) is 15.7. The number of benzene rings is 2. The van der Waals surface area contributed by atoms with Crippen LogP contribution < -0.4 is 16.0 Å². The third-order valence-corrected chi connectivity index (χ3v) is 6.06. The molecule has 0 radical (unpaired) electrons. The summed E-state index contributed by atoms with van der Waals surface area (Å²) in [5.41, 5.74) is 6.67. The lowest BCUT2D eigenvalue weighted by atomic mass is 9.81. The van der Waals surface area contributed by atoms with Gasteiger partial charge in [0.15, 0.2) is 0 Å². The van der Waals surface area contributed by atoms with Crippen molar-refractivity contribution in [2.45, 2.75) is 26.7 Å². The summed E-state index contributed by atoms with van der Waals surface area (Å²) in [7, 11) is 2.34. The van der Waals surface area contributed by atoms with Crippen LogP contribution in [0.4, 0.5) is 11.4 Å². The maximum absolute atomic E-state index is 13.1. The molecule has 2 aromatic carbocycles. The largest absolute Gasteiger partial charge is 0.466 e. The molecule has 37 heavy (non-hydrogen) atoms. The molecule has 9 nitrogen and oxygen atoms in total. The molecule has 10 heteroatoms. The molecule has 0 saturated carbocycles. The summed E-state index contributed by atoms with van der Waals surface area (Å²) in [6.07, 6.45) is 0. The van der Waals surface area contributed by atoms with Gasteiger partial charge < -0.3 is 20.5 Å². The van der Waals surface area contributed by atoms with E-state index >= 15 is 0 Å². The van der Waals surface area contributed by atoms with Crippen molar-refractivity contribution in [2.75, 3.05) is 24.4 Å². The molecule has 2 aromatic rings. The molecular formula is C27H27ClN4O5. The first-order valence-corrected chi connectivity index (χ1v) is 11.6. The number of nitrogens with one attached hydrogen (secondary N) is 1. The number of amides is 1. The first kappa shape index (κ1) is 27.3. The molecule has 0 aliphatic carbocycles. The predicted molar refractivity (Wildman–Crippen MR) is 139 cm³/mol. The van der Waals surface area contributed by atoms with Crippen molar-refractivity contribution < 1.29 is 23.9 Å². The predicted octanol–water partition coefficient (Wildman–Crippen LogP) is 4.22. The van der Waals surface area contributed by atoms with Gasteiger partial charge >= 0.3 is 11.9 Å². The summed E-state index contributed by atoms with van der Waals surface area (Å²) in [6.45, 7) is 5.29. The number of methoxy groups -OCH3 is 2. The number of ether oxygens (including phenoxy) is 2. The number of nitrogens with two attached hydrogens (primary N) is 1. The molecule has 1 aliphatic rings. The number of nitriles is 1. The number of hydrogen-bond donors (Lipinski definition) is 2. The molecule has 1 aliphatic heterocycles. The lowest BCUT2D eigenvalue weighted by molar-refractivity contribution is -0.139. The molecule has 1 amide bonds. The van der Waals surface area contributed by atoms with Crippen molar-refractivity contribution in [1.29, 1.82) is 5.26 Å². The fourth-order valence-corrected chi connectivity index (χ4v) is 4.06. The van der Waals surface area contributed by atoms with Gasteiger partial charge in [0, 0.05) is 11.1 Å². The van der Waals surface area contributed by atoms with Crippen molar-refractivity contribution in [1.82, 2.24) is 0 Å². The van der Waals surface area contributed by atoms with Crippen LogP contribution in [0.3, 0.4) is 0 Å². The van der Waals surface area contributed by atoms with Gasteiger partial charge in [0.05, 0.1) is 48.1 Å². The van der Waals surface area contributed by atoms with E-state index in [2.05, 4.69) is 11.4 Å². The zero-order valence-electron chi connectivity index (χ0n) is 21.1. The molecule has 1 unspecified atom stereocenters. The summed E-state index contributed by atoms with van der Waals surface area (Å²) in [4.78, 5) is 39.9. The monoisotopic (exact) mass is 522 g/mol. The molecule has 1 heterocycles. The zero-order chi connectivity index (χ0) is 27.5. The van der Waals surface area contributed by atoms with Gasteiger partial charge in [-0.1, -0.05) is 62.7 Å². The number of esters is 2. The fourth-order valence-electron chi connectivity index (χ4n) is 3.84. The van der Waals surface area contributed by atoms with Crippen LogP contribution in [-0.4, -0.2) is 32.1 Å². The quantitative estimate of drug-likeness (QED) is 0.557. The number of anilines is 2. The molecule has 0 bridgehead atoms. The van der Waals surface area contributed by atoms with Crippen LogP contribution in [0.2, 0.25) is 5.02 Å². The lowest BCUT2D eigenvalue weighted by Crippen LogP contribution is -2.40. The van der Waals surface area contributed by atoms with Crippen LogP contribution in [0.25, 0.3) is 0 Å². The van der Waals surface area contributed by atoms with Crippen LogP contribution in [0.1, 0.15) is 32.3 Å². The van der Waals surface area contributed by atoms with E-state index < -0.39 is 23.3 Å². The Hall–Kier alpha value is -4.29. The third kappa shape index (κ3) is 5.29. The van der Waals surface area contributed by atoms with E-state index in [9.17, 15) is 19.6 Å². The Bertz CT molecular complexity index is 1350. The minimum atomic E-state index is -0.982. The topological polar surface area (TPSA) is 135 Å². The number of allylic oxidation sites excluding steroid dienone is 1. The molecule has 192 valence electrons. The Kier molecular flexibility index (Phi) is 7.94. The first-order valence-electron chi connectivity index (χ1n) is 11.2. The van der Waals surface area contributed by atoms with E-state index in [1.165, 1.54) is 24.1 Å². The van der Waals surface area contributed by atoms with Crippen molar-refractivity contribution in [3.63, 3.8) is 0 Å². The Morgan fingerprint density at radius 1 is 1.05 bits per heavy atom. The second-order valence-electron chi connectivity index (χ2n) is 9.20. The molecule has 0 fully saturated rings. The SMILES string of the molecule is COC(=O)C1=C(C(=O)OC)N(c2ccc(NC(=O)C(C)(C)C)c(Cl)c2)C(N)=C(C#N)C1c1ccccc1. The number of nitrogens with zero attached hydrogens (tertiary/aromatic N) is 2. The van der Waals surface area contributed by atoms with E-state index in [1.807, 2.05) is 0 Å². The maximum Gasteiger partial charge on any atom is 0.355 e. The number of halogens is 1. The van der Waals surface area contributed by atoms with Crippen LogP contribution in [0.15, 0.2) is 71.2 Å². The van der Waals surface area contributed by atoms with Crippen molar-refractivity contribution in [3.05, 3.63) is 81.8 Å². The first-order chi connectivity index (χ1) is 17.5. The van der Waals surface area contributed by atoms with Crippen LogP contribution in [0, 0.1) is 16.7 Å². The Morgan fingerprint density at radius 3 is 2.19 bits per heavy atom. The van der Waals surface area contributed by atoms with Gasteiger partial charge in [-0.2, -0.15) is 5.26 Å². The smallest absolute Gasteiger partial charge is 0.355 e. The van der Waals surface area contributed by atoms with E-state index in [4.69, 9.17) is 26.8 Å². The maximum atomic E-state index is 13.1. The highest BCUT2D eigenvalue weighted by molar-refractivity contribution is 6.34. The minimum absolute atomic E-state index is 0.0282. The summed E-state index contributed by atoms with van der Waals surface area (Å²) in [5, 5.41) is 13.0. The zero-order valence-corrected chi connectivity index (χ0v) is 21.8. The highest BCUT2D eigenvalue weighted by Gasteiger charge is 2.43. The Morgan fingerprint density at radius 2 is 1.68 bits per heavy atom. The second kappa shape index (κ2) is 10.8. The van der Waals surface area contributed by atoms with Crippen molar-refractivity contribution in [2.24, 2.45) is 11.1 Å². The average molecular weight is 523 g/mol. The number of hydrogen-bond acceptors (Lipinski definition) is 8. The van der Waals surface area contributed by atoms with E-state index in [0.29, 0.717) is 11.3 Å². The summed E-state index contributed by atoms with van der Waals surface area (Å²) < 4.78 is 10.0. The molecule has 0 spiro atoms. The van der Waals surface area contributed by atoms with Crippen molar-refractivity contribution in [3.8, 4) is 6.07 Å². The van der Waals surface area contributed by atoms with Crippen LogP contribution in [-0.2, 0) is 23.9 Å². The third-order valence-electron chi connectivity index (χ3n) is 5.75. The average Bonchev–Trinajstić information content (AvgIpc) is 2.88. The number of rotatable bonds is 5. The molecule has 3 N–H and O–H groups in total. The van der Waals surface area contributed by atoms with Gasteiger partial charge in [-0.3, -0.25) is 9.69 Å². The number of carbonyl (C=O) groups excluding carboxylic acids is 3. The van der Waals surface area contributed by atoms with E-state index in [1.54, 1.807) is 57.2 Å². The minimum Gasteiger partial charge on any atom is -0.466 e. The van der Waals surface area contributed by atoms with Crippen molar-refractivity contribution >= 4 is 40.8 Å². The van der Waals surface area contributed by atoms with E-state index in [0.717, 1.165) is 7.11 Å². The summed E-state index contributed by atoms with van der Waals surface area (Å²) in [6, 6.07) is 15.3.